The highest BCUT2D eigenvalue weighted by Gasteiger charge is 2.47. The number of aliphatic imine (C=N–C) groups is 2. The van der Waals surface area contributed by atoms with E-state index in [-0.39, 0.29) is 49.9 Å². The van der Waals surface area contributed by atoms with E-state index in [0.717, 1.165) is 69.1 Å². The van der Waals surface area contributed by atoms with Gasteiger partial charge in [0.05, 0.1) is 31.1 Å². The monoisotopic (exact) mass is 1090 g/mol. The van der Waals surface area contributed by atoms with Crippen LogP contribution in [0.3, 0.4) is 0 Å². The molecule has 2 atom stereocenters. The number of nitrogens with one attached hydrogen (secondary N) is 2. The molecule has 2 unspecified atom stereocenters. The molecule has 81 heavy (non-hydrogen) atoms. The molecule has 0 bridgehead atoms. The number of ether oxygens (including phenoxy) is 1. The first-order valence-corrected chi connectivity index (χ1v) is 26.6. The maximum atomic E-state index is 13.6. The summed E-state index contributed by atoms with van der Waals surface area (Å²) in [4.78, 5) is 78.0. The van der Waals surface area contributed by atoms with Crippen molar-refractivity contribution in [3.8, 4) is 36.1 Å². The number of anilines is 3. The van der Waals surface area contributed by atoms with Crippen molar-refractivity contribution in [2.24, 2.45) is 20.8 Å². The molecule has 11 rings (SSSR count). The maximum Gasteiger partial charge on any atom is 0.410 e. The molecular weight excluding hydrogens is 1030 g/mol. The Hall–Kier alpha value is -9.06. The topological polar surface area (TPSA) is 165 Å². The van der Waals surface area contributed by atoms with Crippen molar-refractivity contribution in [3.63, 3.8) is 0 Å². The number of terminal acetylenes is 2. The van der Waals surface area contributed by atoms with Gasteiger partial charge in [0.2, 0.25) is 17.7 Å². The molecule has 5 aliphatic rings. The van der Waals surface area contributed by atoms with Crippen LogP contribution in [0.5, 0.6) is 0 Å². The fraction of sp³-hybridized carbons (Fsp3) is 0.312. The Labute approximate surface area is 471 Å². The normalized spacial score (nSPS) is 19.1. The van der Waals surface area contributed by atoms with Crippen molar-refractivity contribution in [2.75, 3.05) is 74.4 Å². The number of benzene rings is 5. The number of piperazine rings is 1. The summed E-state index contributed by atoms with van der Waals surface area (Å²) in [6.07, 6.45) is 15.5. The maximum absolute atomic E-state index is 13.6. The lowest BCUT2D eigenvalue weighted by Crippen LogP contribution is -2.51. The molecule has 0 radical (unpaired) electrons. The minimum absolute atomic E-state index is 0. The van der Waals surface area contributed by atoms with E-state index in [0.29, 0.717) is 75.9 Å². The fourth-order valence-corrected chi connectivity index (χ4v) is 10.6. The third kappa shape index (κ3) is 12.5. The first-order valence-electron chi connectivity index (χ1n) is 26.6. The summed E-state index contributed by atoms with van der Waals surface area (Å²) in [6.45, 7) is 10.7. The van der Waals surface area contributed by atoms with Crippen LogP contribution in [-0.4, -0.2) is 124 Å². The highest BCUT2D eigenvalue weighted by molar-refractivity contribution is 6.16. The Morgan fingerprint density at radius 1 is 0.630 bits per heavy atom. The average Bonchev–Trinajstić information content (AvgIpc) is 4.51. The molecule has 0 aliphatic carbocycles. The van der Waals surface area contributed by atoms with E-state index in [1.54, 1.807) is 63.5 Å². The SMILES string of the molecule is C.C#CC1(C(=O)Nc2ccc3c(c2)C(c2ccc(F)cc2)=NC3)CCN(C(=O)OC(C)(C)C)C1.C#CC1(C(=O)Nc2ccc3c(c2)C(c2ccc(F)cc2)=NC3)CCN(CC(=O)N2CCN(c3ccc(-c4ncccn4)cc3)CC2)C1. The number of rotatable bonds is 10. The molecule has 5 aromatic carbocycles. The molecule has 3 saturated heterocycles. The lowest BCUT2D eigenvalue weighted by atomic mass is 9.87. The first kappa shape index (κ1) is 56.7. The minimum atomic E-state index is -1.14. The zero-order valence-electron chi connectivity index (χ0n) is 44.8. The molecule has 15 nitrogen and oxygen atoms in total. The molecule has 17 heteroatoms. The predicted octanol–water partition coefficient (Wildman–Crippen LogP) is 9.26. The number of amides is 4. The van der Waals surface area contributed by atoms with Gasteiger partial charge in [-0.15, -0.1) is 12.8 Å². The predicted molar refractivity (Wildman–Crippen MR) is 311 cm³/mol. The summed E-state index contributed by atoms with van der Waals surface area (Å²) in [6, 6.07) is 33.7. The Kier molecular flexibility index (Phi) is 16.6. The molecule has 2 N–H and O–H groups in total. The molecule has 5 aliphatic heterocycles. The molecule has 0 saturated carbocycles. The van der Waals surface area contributed by atoms with Crippen molar-refractivity contribution in [3.05, 3.63) is 173 Å². The van der Waals surface area contributed by atoms with E-state index >= 15 is 0 Å². The lowest BCUT2D eigenvalue weighted by molar-refractivity contribution is -0.133. The van der Waals surface area contributed by atoms with E-state index in [4.69, 9.17) is 17.6 Å². The van der Waals surface area contributed by atoms with Crippen LogP contribution in [0.1, 0.15) is 74.4 Å². The molecule has 414 valence electrons. The molecule has 0 spiro atoms. The standard InChI is InChI=1S/C37H34FN7O2.C26H26FN3O3.CH4/c1-2-37(36(47)42-30-11-6-28-23-41-34(32(28)22-30)26-4-9-29(38)10-5-26)14-17-43(25-37)24-33(46)45-20-18-44(19-21-45)31-12-7-27(8-13-31)35-39-15-3-16-40-35;1-5-26(12-13-30(16-26)24(32)33-25(2,3)4)23(31)29-20-11-8-18-15-28-22(21(18)14-20)17-6-9-19(27)10-7-17;/h1,3-13,15-16,22H,14,17-21,23-25H2,(H,42,47);1,6-11,14H,12-13,15-16H2,2-4H3,(H,29,31);1H4. The van der Waals surface area contributed by atoms with Gasteiger partial charge in [-0.2, -0.15) is 0 Å². The van der Waals surface area contributed by atoms with E-state index in [2.05, 4.69) is 59.5 Å². The van der Waals surface area contributed by atoms with E-state index in [1.165, 1.54) is 29.2 Å². The summed E-state index contributed by atoms with van der Waals surface area (Å²) >= 11 is 0. The van der Waals surface area contributed by atoms with Gasteiger partial charge in [0.1, 0.15) is 28.1 Å². The van der Waals surface area contributed by atoms with Gasteiger partial charge in [-0.05, 0) is 148 Å². The number of carbonyl (C=O) groups is 4. The number of hydrogen-bond donors (Lipinski definition) is 2. The summed E-state index contributed by atoms with van der Waals surface area (Å²) in [7, 11) is 0. The second-order valence-electron chi connectivity index (χ2n) is 21.5. The van der Waals surface area contributed by atoms with Gasteiger partial charge in [0, 0.05) is 110 Å². The largest absolute Gasteiger partial charge is 0.444 e. The third-order valence-corrected chi connectivity index (χ3v) is 15.0. The van der Waals surface area contributed by atoms with E-state index in [9.17, 15) is 28.0 Å². The third-order valence-electron chi connectivity index (χ3n) is 15.0. The number of halogens is 2. The van der Waals surface area contributed by atoms with Crippen LogP contribution < -0.4 is 15.5 Å². The number of carbonyl (C=O) groups excluding carboxylic acids is 4. The molecule has 3 fully saturated rings. The summed E-state index contributed by atoms with van der Waals surface area (Å²) in [5.74, 6) is 4.90. The molecular formula is C64H64F2N10O5. The van der Waals surface area contributed by atoms with Gasteiger partial charge in [-0.1, -0.05) is 31.4 Å². The highest BCUT2D eigenvalue weighted by atomic mass is 19.1. The van der Waals surface area contributed by atoms with Crippen LogP contribution >= 0.6 is 0 Å². The number of fused-ring (bicyclic) bond motifs is 2. The fourth-order valence-electron chi connectivity index (χ4n) is 10.6. The van der Waals surface area contributed by atoms with Gasteiger partial charge in [0.15, 0.2) is 5.82 Å². The van der Waals surface area contributed by atoms with Gasteiger partial charge >= 0.3 is 6.09 Å². The van der Waals surface area contributed by atoms with Crippen molar-refractivity contribution in [2.45, 2.75) is 59.7 Å². The van der Waals surface area contributed by atoms with Crippen LogP contribution in [0.15, 0.2) is 138 Å². The van der Waals surface area contributed by atoms with Crippen LogP contribution in [0.25, 0.3) is 11.4 Å². The van der Waals surface area contributed by atoms with Crippen LogP contribution in [0.2, 0.25) is 0 Å². The molecule has 1 aromatic heterocycles. The average molecular weight is 1090 g/mol. The Bertz CT molecular complexity index is 3490. The van der Waals surface area contributed by atoms with Gasteiger partial charge < -0.3 is 30.1 Å². The number of hydrogen-bond acceptors (Lipinski definition) is 11. The zero-order chi connectivity index (χ0) is 56.2. The highest BCUT2D eigenvalue weighted by Crippen LogP contribution is 2.36. The summed E-state index contributed by atoms with van der Waals surface area (Å²) in [5.41, 5.74) is 7.46. The minimum Gasteiger partial charge on any atom is -0.444 e. The van der Waals surface area contributed by atoms with Crippen LogP contribution in [0.4, 0.5) is 30.6 Å². The summed E-state index contributed by atoms with van der Waals surface area (Å²) in [5, 5.41) is 5.94. The van der Waals surface area contributed by atoms with Crippen LogP contribution in [-0.2, 0) is 32.2 Å². The smallest absolute Gasteiger partial charge is 0.410 e. The summed E-state index contributed by atoms with van der Waals surface area (Å²) < 4.78 is 32.2. The first-order chi connectivity index (χ1) is 38.5. The van der Waals surface area contributed by atoms with Crippen molar-refractivity contribution >= 4 is 52.3 Å². The second kappa shape index (κ2) is 23.7. The van der Waals surface area contributed by atoms with Gasteiger partial charge in [-0.3, -0.25) is 29.3 Å². The van der Waals surface area contributed by atoms with E-state index in [1.807, 2.05) is 58.3 Å². The Morgan fingerprint density at radius 2 is 1.12 bits per heavy atom. The Balaban J connectivity index is 0.000000205. The van der Waals surface area contributed by atoms with Gasteiger partial charge in [-0.25, -0.2) is 23.5 Å². The van der Waals surface area contributed by atoms with Crippen molar-refractivity contribution in [1.29, 1.82) is 0 Å². The van der Waals surface area contributed by atoms with Crippen molar-refractivity contribution < 1.29 is 32.7 Å². The number of aromatic nitrogens is 2. The Morgan fingerprint density at radius 3 is 1.63 bits per heavy atom. The molecule has 4 amide bonds. The zero-order valence-corrected chi connectivity index (χ0v) is 44.8. The van der Waals surface area contributed by atoms with Crippen LogP contribution in [0, 0.1) is 47.2 Å². The molecule has 6 heterocycles. The van der Waals surface area contributed by atoms with Crippen molar-refractivity contribution in [1.82, 2.24) is 24.7 Å². The quantitative estimate of drug-likeness (QED) is 0.127. The number of nitrogens with zero attached hydrogens (tertiary/aromatic N) is 8. The van der Waals surface area contributed by atoms with E-state index < -0.39 is 22.5 Å². The lowest BCUT2D eigenvalue weighted by Gasteiger charge is -2.37. The number of likely N-dealkylation sites (tertiary alicyclic amines) is 2. The second-order valence-corrected chi connectivity index (χ2v) is 21.5. The molecule has 6 aromatic rings. The van der Waals surface area contributed by atoms with Gasteiger partial charge in [0.25, 0.3) is 0 Å².